The van der Waals surface area contributed by atoms with E-state index in [1.54, 1.807) is 6.92 Å². The van der Waals surface area contributed by atoms with Gasteiger partial charge in [0.2, 0.25) is 11.8 Å². The van der Waals surface area contributed by atoms with E-state index in [-0.39, 0.29) is 11.8 Å². The number of hydrogen-bond donors (Lipinski definition) is 1. The highest BCUT2D eigenvalue weighted by Gasteiger charge is 2.30. The van der Waals surface area contributed by atoms with Crippen molar-refractivity contribution in [2.75, 3.05) is 5.75 Å². The molecule has 0 aliphatic heterocycles. The minimum atomic E-state index is -3.65. The van der Waals surface area contributed by atoms with Gasteiger partial charge in [-0.2, -0.15) is 0 Å². The van der Waals surface area contributed by atoms with E-state index >= 15 is 0 Å². The summed E-state index contributed by atoms with van der Waals surface area (Å²) in [7, 11) is -3.65. The molecule has 0 spiro atoms. The monoisotopic (exact) mass is 418 g/mol. The molecule has 0 unspecified atom stereocenters. The maximum Gasteiger partial charge on any atom is 0.235 e. The fraction of sp³-hybridized carbons (Fsp3) is 0.545. The number of rotatable bonds is 6. The van der Waals surface area contributed by atoms with Gasteiger partial charge in [-0.3, -0.25) is 4.79 Å². The molecule has 1 saturated carbocycles. The van der Waals surface area contributed by atoms with Gasteiger partial charge in [-0.15, -0.1) is 0 Å². The molecule has 0 radical (unpaired) electrons. The van der Waals surface area contributed by atoms with E-state index in [0.717, 1.165) is 30.4 Å². The van der Waals surface area contributed by atoms with Crippen LogP contribution in [0.15, 0.2) is 28.7 Å². The van der Waals surface area contributed by atoms with Crippen LogP contribution in [-0.4, -0.2) is 31.1 Å². The predicted molar refractivity (Wildman–Crippen MR) is 113 cm³/mol. The number of sulfone groups is 1. The van der Waals surface area contributed by atoms with Gasteiger partial charge in [-0.1, -0.05) is 44.9 Å². The van der Waals surface area contributed by atoms with Crippen LogP contribution in [0, 0.1) is 25.7 Å². The van der Waals surface area contributed by atoms with Crippen molar-refractivity contribution in [2.45, 2.75) is 58.8 Å². The zero-order valence-electron chi connectivity index (χ0n) is 17.6. The zero-order valence-corrected chi connectivity index (χ0v) is 18.4. The predicted octanol–water partition coefficient (Wildman–Crippen LogP) is 3.81. The topological polar surface area (TPSA) is 89.3 Å². The Bertz CT molecular complexity index is 980. The number of nitrogens with zero attached hydrogens (tertiary/aromatic N) is 1. The number of hydrogen-bond acceptors (Lipinski definition) is 5. The first-order chi connectivity index (χ1) is 13.7. The van der Waals surface area contributed by atoms with E-state index in [2.05, 4.69) is 24.1 Å². The van der Waals surface area contributed by atoms with E-state index in [4.69, 9.17) is 4.42 Å². The van der Waals surface area contributed by atoms with Crippen LogP contribution >= 0.6 is 0 Å². The van der Waals surface area contributed by atoms with Gasteiger partial charge in [0.15, 0.2) is 9.84 Å². The second-order valence-electron chi connectivity index (χ2n) is 8.31. The summed E-state index contributed by atoms with van der Waals surface area (Å²) >= 11 is 0. The molecule has 29 heavy (non-hydrogen) atoms. The van der Waals surface area contributed by atoms with E-state index in [9.17, 15) is 13.2 Å². The summed E-state index contributed by atoms with van der Waals surface area (Å²) < 4.78 is 30.9. The average Bonchev–Trinajstić information content (AvgIpc) is 2.98. The van der Waals surface area contributed by atoms with Crippen molar-refractivity contribution < 1.29 is 17.6 Å². The molecule has 1 N–H and O–H groups in total. The second kappa shape index (κ2) is 8.69. The van der Waals surface area contributed by atoms with Gasteiger partial charge in [-0.25, -0.2) is 13.4 Å². The van der Waals surface area contributed by atoms with Crippen LogP contribution < -0.4 is 5.32 Å². The third-order valence-electron chi connectivity index (χ3n) is 6.03. The second-order valence-corrected chi connectivity index (χ2v) is 10.4. The van der Waals surface area contributed by atoms with Gasteiger partial charge in [0.25, 0.3) is 0 Å². The minimum absolute atomic E-state index is 0.0443. The molecule has 1 amide bonds. The summed E-state index contributed by atoms with van der Waals surface area (Å²) in [5, 5.41) is 2.93. The molecule has 0 bridgehead atoms. The number of aryl methyl sites for hydroxylation is 2. The van der Waals surface area contributed by atoms with Gasteiger partial charge < -0.3 is 9.73 Å². The van der Waals surface area contributed by atoms with Gasteiger partial charge in [0.05, 0.1) is 11.4 Å². The van der Waals surface area contributed by atoms with Crippen LogP contribution in [0.25, 0.3) is 11.5 Å². The Labute approximate surface area is 173 Å². The number of oxazole rings is 1. The lowest BCUT2D eigenvalue weighted by molar-refractivity contribution is -0.120. The summed E-state index contributed by atoms with van der Waals surface area (Å²) in [4.78, 5) is 16.8. The van der Waals surface area contributed by atoms with Gasteiger partial charge in [-0.05, 0) is 43.7 Å². The van der Waals surface area contributed by atoms with Crippen LogP contribution in [0.1, 0.15) is 50.1 Å². The van der Waals surface area contributed by atoms with Crippen LogP contribution in [-0.2, 0) is 20.4 Å². The first-order valence-electron chi connectivity index (χ1n) is 10.2. The molecule has 1 fully saturated rings. The van der Waals surface area contributed by atoms with Crippen molar-refractivity contribution in [2.24, 2.45) is 11.8 Å². The molecule has 1 aromatic carbocycles. The Morgan fingerprint density at radius 1 is 1.21 bits per heavy atom. The fourth-order valence-corrected chi connectivity index (χ4v) is 5.25. The summed E-state index contributed by atoms with van der Waals surface area (Å²) in [5.74, 6) is 0.473. The normalized spacial score (nSPS) is 22.4. The fourth-order valence-electron chi connectivity index (χ4n) is 3.98. The summed E-state index contributed by atoms with van der Waals surface area (Å²) in [6.45, 7) is 7.95. The van der Waals surface area contributed by atoms with E-state index in [0.29, 0.717) is 29.2 Å². The highest BCUT2D eigenvalue weighted by molar-refractivity contribution is 7.91. The Morgan fingerprint density at radius 3 is 2.66 bits per heavy atom. The number of aromatic nitrogens is 1. The lowest BCUT2D eigenvalue weighted by atomic mass is 9.78. The van der Waals surface area contributed by atoms with Crippen molar-refractivity contribution in [1.82, 2.24) is 10.3 Å². The number of benzene rings is 1. The smallest absolute Gasteiger partial charge is 0.235 e. The minimum Gasteiger partial charge on any atom is -0.441 e. The highest BCUT2D eigenvalue weighted by atomic mass is 32.2. The molecule has 2 aromatic rings. The first kappa shape index (κ1) is 21.6. The van der Waals surface area contributed by atoms with E-state index in [1.807, 2.05) is 31.2 Å². The average molecular weight is 419 g/mol. The molecule has 158 valence electrons. The Hall–Kier alpha value is -2.15. The highest BCUT2D eigenvalue weighted by Crippen LogP contribution is 2.29. The van der Waals surface area contributed by atoms with E-state index < -0.39 is 21.5 Å². The maximum atomic E-state index is 12.6. The molecule has 3 atom stereocenters. The number of carbonyl (C=O) groups is 1. The Morgan fingerprint density at radius 2 is 1.93 bits per heavy atom. The van der Waals surface area contributed by atoms with Gasteiger partial charge in [0.1, 0.15) is 11.5 Å². The maximum absolute atomic E-state index is 12.6. The molecule has 1 aromatic heterocycles. The lowest BCUT2D eigenvalue weighted by Crippen LogP contribution is -2.45. The van der Waals surface area contributed by atoms with Crippen molar-refractivity contribution in [1.29, 1.82) is 0 Å². The third-order valence-corrected chi connectivity index (χ3v) is 7.44. The molecule has 3 rings (SSSR count). The summed E-state index contributed by atoms with van der Waals surface area (Å²) in [6, 6.07) is 7.69. The Kier molecular flexibility index (Phi) is 6.46. The molecule has 1 aliphatic carbocycles. The van der Waals surface area contributed by atoms with Crippen molar-refractivity contribution in [3.63, 3.8) is 0 Å². The quantitative estimate of drug-likeness (QED) is 0.770. The van der Waals surface area contributed by atoms with Gasteiger partial charge in [0, 0.05) is 11.6 Å². The molecule has 1 aliphatic rings. The number of amides is 1. The standard InChI is InChI=1S/C22H30N2O4S/c1-14-9-7-11-19(16(14)3)23-21(25)13-29(26,27)12-20-17(4)28-22(24-20)18-10-6-5-8-15(18)2/h5-6,8,10,14,16,19H,7,9,11-13H2,1-4H3,(H,23,25)/t14-,16-,19-/m1/s1. The SMILES string of the molecule is Cc1ccccc1-c1nc(CS(=O)(=O)CC(=O)N[C@@H]2CCC[C@@H](C)[C@H]2C)c(C)o1. The van der Waals surface area contributed by atoms with Crippen LogP contribution in [0.3, 0.4) is 0 Å². The van der Waals surface area contributed by atoms with Crippen LogP contribution in [0.2, 0.25) is 0 Å². The number of nitrogens with one attached hydrogen (secondary N) is 1. The summed E-state index contributed by atoms with van der Waals surface area (Å²) in [6.07, 6.45) is 3.11. The molecule has 6 nitrogen and oxygen atoms in total. The molecular formula is C22H30N2O4S. The van der Waals surface area contributed by atoms with Gasteiger partial charge >= 0.3 is 0 Å². The van der Waals surface area contributed by atoms with Crippen LogP contribution in [0.5, 0.6) is 0 Å². The molecule has 0 saturated heterocycles. The van der Waals surface area contributed by atoms with Crippen molar-refractivity contribution >= 4 is 15.7 Å². The largest absolute Gasteiger partial charge is 0.441 e. The van der Waals surface area contributed by atoms with Crippen LogP contribution in [0.4, 0.5) is 0 Å². The molecular weight excluding hydrogens is 388 g/mol. The third kappa shape index (κ3) is 5.26. The van der Waals surface area contributed by atoms with Crippen molar-refractivity contribution in [3.8, 4) is 11.5 Å². The summed E-state index contributed by atoms with van der Waals surface area (Å²) in [5.41, 5.74) is 2.19. The molecule has 7 heteroatoms. The lowest BCUT2D eigenvalue weighted by Gasteiger charge is -2.34. The van der Waals surface area contributed by atoms with E-state index in [1.165, 1.54) is 0 Å². The zero-order chi connectivity index (χ0) is 21.2. The Balaban J connectivity index is 1.67. The van der Waals surface area contributed by atoms with Crippen molar-refractivity contribution in [3.05, 3.63) is 41.3 Å². The first-order valence-corrected chi connectivity index (χ1v) is 12.0. The number of carbonyl (C=O) groups excluding carboxylic acids is 1. The molecule has 1 heterocycles.